The minimum atomic E-state index is -3.12. The summed E-state index contributed by atoms with van der Waals surface area (Å²) in [5, 5.41) is 0.878. The highest BCUT2D eigenvalue weighted by atomic mass is 32.2. The van der Waals surface area contributed by atoms with Crippen molar-refractivity contribution in [2.45, 2.75) is 6.92 Å². The van der Waals surface area contributed by atoms with Crippen LogP contribution in [0.1, 0.15) is 16.6 Å². The fraction of sp³-hybridized carbons (Fsp3) is 0.308. The molecule has 0 radical (unpaired) electrons. The molecule has 5 nitrogen and oxygen atoms in total. The monoisotopic (exact) mass is 313 g/mol. The van der Waals surface area contributed by atoms with Crippen LogP contribution < -0.4 is 5.73 Å². The molecule has 0 amide bonds. The summed E-state index contributed by atoms with van der Waals surface area (Å²) < 4.78 is 28.5. The number of fused-ring (bicyclic) bond motifs is 1. The number of esters is 1. The molecule has 0 fully saturated rings. The molecular formula is C13H15NO4S2. The molecule has 108 valence electrons. The lowest BCUT2D eigenvalue weighted by Gasteiger charge is -2.02. The summed E-state index contributed by atoms with van der Waals surface area (Å²) in [5.74, 6) is -0.601. The second-order valence-corrected chi connectivity index (χ2v) is 7.84. The van der Waals surface area contributed by atoms with Gasteiger partial charge < -0.3 is 10.5 Å². The summed E-state index contributed by atoms with van der Waals surface area (Å²) in [7, 11) is -3.12. The van der Waals surface area contributed by atoms with Crippen LogP contribution in [0.3, 0.4) is 0 Å². The van der Waals surface area contributed by atoms with E-state index in [1.807, 2.05) is 6.07 Å². The van der Waals surface area contributed by atoms with Gasteiger partial charge in [-0.25, -0.2) is 13.2 Å². The van der Waals surface area contributed by atoms with Crippen molar-refractivity contribution in [3.8, 4) is 0 Å². The van der Waals surface area contributed by atoms with Crippen LogP contribution in [0.5, 0.6) is 0 Å². The Morgan fingerprint density at radius 3 is 2.80 bits per heavy atom. The molecule has 0 unspecified atom stereocenters. The van der Waals surface area contributed by atoms with Gasteiger partial charge in [0.2, 0.25) is 0 Å². The topological polar surface area (TPSA) is 86.5 Å². The summed E-state index contributed by atoms with van der Waals surface area (Å²) >= 11 is 1.30. The van der Waals surface area contributed by atoms with Crippen LogP contribution in [-0.2, 0) is 14.6 Å². The van der Waals surface area contributed by atoms with Crippen LogP contribution in [0, 0.1) is 0 Å². The molecule has 7 heteroatoms. The largest absolute Gasteiger partial charge is 0.460 e. The zero-order chi connectivity index (χ0) is 14.8. The molecule has 0 aliphatic heterocycles. The minimum Gasteiger partial charge on any atom is -0.460 e. The molecule has 0 spiro atoms. The molecule has 0 saturated carbocycles. The Balaban J connectivity index is 2.04. The van der Waals surface area contributed by atoms with Crippen molar-refractivity contribution >= 4 is 42.9 Å². The van der Waals surface area contributed by atoms with E-state index >= 15 is 0 Å². The van der Waals surface area contributed by atoms with Crippen LogP contribution >= 0.6 is 11.3 Å². The number of thiophene rings is 1. The number of nitrogens with two attached hydrogens (primary N) is 1. The van der Waals surface area contributed by atoms with Crippen molar-refractivity contribution in [3.63, 3.8) is 0 Å². The van der Waals surface area contributed by atoms with E-state index in [2.05, 4.69) is 0 Å². The van der Waals surface area contributed by atoms with Gasteiger partial charge in [0.05, 0.1) is 5.75 Å². The first-order chi connectivity index (χ1) is 9.41. The van der Waals surface area contributed by atoms with Gasteiger partial charge >= 0.3 is 5.97 Å². The fourth-order valence-electron chi connectivity index (χ4n) is 1.64. The molecule has 0 bridgehead atoms. The molecule has 1 aromatic carbocycles. The van der Waals surface area contributed by atoms with Crippen molar-refractivity contribution in [1.82, 2.24) is 0 Å². The molecule has 2 aromatic rings. The Morgan fingerprint density at radius 1 is 1.35 bits per heavy atom. The maximum Gasteiger partial charge on any atom is 0.348 e. The van der Waals surface area contributed by atoms with E-state index in [1.165, 1.54) is 11.3 Å². The third kappa shape index (κ3) is 3.49. The van der Waals surface area contributed by atoms with Crippen LogP contribution in [-0.4, -0.2) is 32.5 Å². The summed E-state index contributed by atoms with van der Waals surface area (Å²) in [4.78, 5) is 12.3. The average molecular weight is 313 g/mol. The third-order valence-electron chi connectivity index (χ3n) is 2.81. The van der Waals surface area contributed by atoms with Crippen LogP contribution in [0.4, 0.5) is 5.69 Å². The summed E-state index contributed by atoms with van der Waals surface area (Å²) in [6.45, 7) is 1.44. The zero-order valence-corrected chi connectivity index (χ0v) is 12.6. The average Bonchev–Trinajstić information content (AvgIpc) is 2.81. The van der Waals surface area contributed by atoms with Gasteiger partial charge in [0.1, 0.15) is 11.5 Å². The number of hydrogen-bond acceptors (Lipinski definition) is 6. The number of ether oxygens (including phenoxy) is 1. The standard InChI is InChI=1S/C13H15NO4S2/c1-2-20(16,17)6-5-18-13(15)12-8-9-7-10(14)3-4-11(9)19-12/h3-4,7-8H,2,5-6,14H2,1H3. The summed E-state index contributed by atoms with van der Waals surface area (Å²) in [6.07, 6.45) is 0. The van der Waals surface area contributed by atoms with Crippen molar-refractivity contribution in [3.05, 3.63) is 29.1 Å². The second-order valence-electron chi connectivity index (χ2n) is 4.28. The lowest BCUT2D eigenvalue weighted by molar-refractivity contribution is 0.0535. The van der Waals surface area contributed by atoms with Gasteiger partial charge in [-0.2, -0.15) is 0 Å². The Hall–Kier alpha value is -1.60. The molecule has 20 heavy (non-hydrogen) atoms. The van der Waals surface area contributed by atoms with Crippen molar-refractivity contribution < 1.29 is 17.9 Å². The second kappa shape index (κ2) is 5.80. The maximum atomic E-state index is 11.8. The number of nitrogen functional groups attached to an aromatic ring is 1. The van der Waals surface area contributed by atoms with Gasteiger partial charge in [-0.05, 0) is 29.7 Å². The molecule has 1 heterocycles. The lowest BCUT2D eigenvalue weighted by atomic mass is 10.2. The lowest BCUT2D eigenvalue weighted by Crippen LogP contribution is -2.16. The van der Waals surface area contributed by atoms with Gasteiger partial charge in [0, 0.05) is 16.1 Å². The van der Waals surface area contributed by atoms with Crippen LogP contribution in [0.25, 0.3) is 10.1 Å². The van der Waals surface area contributed by atoms with Crippen molar-refractivity contribution in [2.24, 2.45) is 0 Å². The molecule has 0 atom stereocenters. The number of carbonyl (C=O) groups excluding carboxylic acids is 1. The van der Waals surface area contributed by atoms with Crippen LogP contribution in [0.15, 0.2) is 24.3 Å². The number of sulfone groups is 1. The molecular weight excluding hydrogens is 298 g/mol. The summed E-state index contributed by atoms with van der Waals surface area (Å²) in [6, 6.07) is 7.09. The van der Waals surface area contributed by atoms with E-state index in [-0.39, 0.29) is 18.1 Å². The molecule has 0 saturated heterocycles. The van der Waals surface area contributed by atoms with Gasteiger partial charge in [-0.1, -0.05) is 6.92 Å². The van der Waals surface area contributed by atoms with Crippen LogP contribution in [0.2, 0.25) is 0 Å². The predicted octanol–water partition coefficient (Wildman–Crippen LogP) is 2.08. The highest BCUT2D eigenvalue weighted by Crippen LogP contribution is 2.27. The molecule has 2 N–H and O–H groups in total. The number of benzene rings is 1. The van der Waals surface area contributed by atoms with Crippen molar-refractivity contribution in [2.75, 3.05) is 23.8 Å². The maximum absolute atomic E-state index is 11.8. The van der Waals surface area contributed by atoms with E-state index in [0.29, 0.717) is 10.6 Å². The molecule has 1 aromatic heterocycles. The number of hydrogen-bond donors (Lipinski definition) is 1. The fourth-order valence-corrected chi connectivity index (χ4v) is 3.20. The molecule has 0 aliphatic rings. The van der Waals surface area contributed by atoms with E-state index in [4.69, 9.17) is 10.5 Å². The van der Waals surface area contributed by atoms with Crippen molar-refractivity contribution in [1.29, 1.82) is 0 Å². The smallest absolute Gasteiger partial charge is 0.348 e. The predicted molar refractivity (Wildman–Crippen MR) is 80.8 cm³/mol. The third-order valence-corrected chi connectivity index (χ3v) is 5.57. The quantitative estimate of drug-likeness (QED) is 0.674. The summed E-state index contributed by atoms with van der Waals surface area (Å²) in [5.41, 5.74) is 6.30. The highest BCUT2D eigenvalue weighted by molar-refractivity contribution is 7.91. The number of carbonyl (C=O) groups is 1. The van der Waals surface area contributed by atoms with Gasteiger partial charge in [-0.15, -0.1) is 11.3 Å². The highest BCUT2D eigenvalue weighted by Gasteiger charge is 2.14. The van der Waals surface area contributed by atoms with E-state index in [0.717, 1.165) is 10.1 Å². The van der Waals surface area contributed by atoms with E-state index in [9.17, 15) is 13.2 Å². The van der Waals surface area contributed by atoms with Gasteiger partial charge in [-0.3, -0.25) is 0 Å². The Labute approximate surface area is 121 Å². The SMILES string of the molecule is CCS(=O)(=O)CCOC(=O)c1cc2cc(N)ccc2s1. The first-order valence-corrected chi connectivity index (χ1v) is 8.71. The Bertz CT molecular complexity index is 734. The van der Waals surface area contributed by atoms with Gasteiger partial charge in [0.15, 0.2) is 9.84 Å². The first-order valence-electron chi connectivity index (χ1n) is 6.08. The number of rotatable bonds is 5. The zero-order valence-electron chi connectivity index (χ0n) is 11.0. The van der Waals surface area contributed by atoms with E-state index < -0.39 is 15.8 Å². The minimum absolute atomic E-state index is 0.0483. The Morgan fingerprint density at radius 2 is 2.10 bits per heavy atom. The normalized spacial score (nSPS) is 11.7. The molecule has 2 rings (SSSR count). The van der Waals surface area contributed by atoms with E-state index in [1.54, 1.807) is 25.1 Å². The van der Waals surface area contributed by atoms with Gasteiger partial charge in [0.25, 0.3) is 0 Å². The first kappa shape index (κ1) is 14.8. The molecule has 0 aliphatic carbocycles. The number of anilines is 1. The Kier molecular flexibility index (Phi) is 4.29.